The van der Waals surface area contributed by atoms with Crippen LogP contribution in [-0.4, -0.2) is 0 Å². The molecule has 0 heteroatoms. The van der Waals surface area contributed by atoms with Crippen molar-refractivity contribution in [2.24, 2.45) is 10.8 Å². The molecule has 0 amide bonds. The van der Waals surface area contributed by atoms with Gasteiger partial charge in [0.2, 0.25) is 0 Å². The Balaban J connectivity index is 5.93. The first-order chi connectivity index (χ1) is 6.61. The van der Waals surface area contributed by atoms with Crippen LogP contribution in [0, 0.1) is 10.8 Å². The molecule has 0 aromatic heterocycles. The van der Waals surface area contributed by atoms with Gasteiger partial charge in [0.25, 0.3) is 0 Å². The summed E-state index contributed by atoms with van der Waals surface area (Å²) < 4.78 is 0. The first kappa shape index (κ1) is 14.2. The van der Waals surface area contributed by atoms with E-state index < -0.39 is 0 Å². The lowest BCUT2D eigenvalue weighted by Gasteiger charge is -2.45. The highest BCUT2D eigenvalue weighted by Crippen LogP contribution is 2.51. The van der Waals surface area contributed by atoms with Crippen LogP contribution in [0.1, 0.15) is 48.5 Å². The summed E-state index contributed by atoms with van der Waals surface area (Å²) in [4.78, 5) is 0. The van der Waals surface area contributed by atoms with Crippen LogP contribution in [0.4, 0.5) is 0 Å². The molecule has 86 valence electrons. The van der Waals surface area contributed by atoms with Gasteiger partial charge in [-0.25, -0.2) is 0 Å². The van der Waals surface area contributed by atoms with Crippen LogP contribution in [0.25, 0.3) is 0 Å². The van der Waals surface area contributed by atoms with E-state index in [9.17, 15) is 0 Å². The summed E-state index contributed by atoms with van der Waals surface area (Å²) >= 11 is 0. The molecule has 0 aliphatic carbocycles. The van der Waals surface area contributed by atoms with E-state index in [1.165, 1.54) is 16.7 Å². The number of hydrogen-bond donors (Lipinski definition) is 0. The van der Waals surface area contributed by atoms with Gasteiger partial charge in [-0.05, 0) is 33.1 Å². The van der Waals surface area contributed by atoms with Gasteiger partial charge in [0.1, 0.15) is 0 Å². The Kier molecular flexibility index (Phi) is 4.16. The molecular weight excluding hydrogens is 180 g/mol. The first-order valence-electron chi connectivity index (χ1n) is 5.55. The van der Waals surface area contributed by atoms with Gasteiger partial charge >= 0.3 is 0 Å². The summed E-state index contributed by atoms with van der Waals surface area (Å²) in [6.07, 6.45) is 2.05. The average molecular weight is 206 g/mol. The largest absolute Gasteiger partial charge is 0.102 e. The van der Waals surface area contributed by atoms with Crippen molar-refractivity contribution in [1.29, 1.82) is 0 Å². The average Bonchev–Trinajstić information content (AvgIpc) is 2.02. The summed E-state index contributed by atoms with van der Waals surface area (Å²) in [5.41, 5.74) is 3.92. The number of allylic oxidation sites excluding steroid dienone is 4. The monoisotopic (exact) mass is 206 g/mol. The molecular formula is C15H26. The van der Waals surface area contributed by atoms with Crippen molar-refractivity contribution in [3.05, 3.63) is 36.0 Å². The summed E-state index contributed by atoms with van der Waals surface area (Å²) in [6.45, 7) is 23.5. The minimum Gasteiger partial charge on any atom is -0.102 e. The molecule has 15 heavy (non-hydrogen) atoms. The van der Waals surface area contributed by atoms with Crippen LogP contribution in [0.3, 0.4) is 0 Å². The summed E-state index contributed by atoms with van der Waals surface area (Å²) in [5, 5.41) is 0. The van der Waals surface area contributed by atoms with Crippen molar-refractivity contribution in [2.75, 3.05) is 0 Å². The van der Waals surface area contributed by atoms with Crippen molar-refractivity contribution < 1.29 is 0 Å². The summed E-state index contributed by atoms with van der Waals surface area (Å²) in [7, 11) is 0. The van der Waals surface area contributed by atoms with Crippen molar-refractivity contribution in [2.45, 2.75) is 48.5 Å². The van der Waals surface area contributed by atoms with Gasteiger partial charge in [-0.3, -0.25) is 0 Å². The number of rotatable bonds is 3. The molecule has 0 aliphatic heterocycles. The Hall–Kier alpha value is -0.780. The van der Waals surface area contributed by atoms with Gasteiger partial charge in [0, 0.05) is 5.41 Å². The Morgan fingerprint density at radius 1 is 1.00 bits per heavy atom. The fraction of sp³-hybridized carbons (Fsp3) is 0.600. The van der Waals surface area contributed by atoms with E-state index in [4.69, 9.17) is 0 Å². The van der Waals surface area contributed by atoms with Gasteiger partial charge in [-0.1, -0.05) is 50.1 Å². The van der Waals surface area contributed by atoms with Gasteiger partial charge in [0.15, 0.2) is 0 Å². The van der Waals surface area contributed by atoms with Crippen LogP contribution < -0.4 is 0 Å². The van der Waals surface area contributed by atoms with E-state index >= 15 is 0 Å². The quantitative estimate of drug-likeness (QED) is 0.561. The van der Waals surface area contributed by atoms with Crippen molar-refractivity contribution >= 4 is 0 Å². The second-order valence-corrected chi connectivity index (χ2v) is 5.67. The Bertz CT molecular complexity index is 292. The zero-order valence-corrected chi connectivity index (χ0v) is 11.5. The van der Waals surface area contributed by atoms with Crippen LogP contribution in [0.5, 0.6) is 0 Å². The fourth-order valence-electron chi connectivity index (χ4n) is 2.55. The fourth-order valence-corrected chi connectivity index (χ4v) is 2.55. The topological polar surface area (TPSA) is 0 Å². The number of hydrogen-bond acceptors (Lipinski definition) is 0. The lowest BCUT2D eigenvalue weighted by Crippen LogP contribution is -2.36. The molecule has 0 nitrogen and oxygen atoms in total. The minimum atomic E-state index is -0.0914. The van der Waals surface area contributed by atoms with E-state index in [0.717, 1.165) is 0 Å². The maximum Gasteiger partial charge on any atom is 0.0341 e. The molecule has 0 spiro atoms. The van der Waals surface area contributed by atoms with Crippen LogP contribution in [0.15, 0.2) is 36.0 Å². The molecule has 0 saturated heterocycles. The molecule has 1 unspecified atom stereocenters. The van der Waals surface area contributed by atoms with Crippen LogP contribution in [0.2, 0.25) is 0 Å². The van der Waals surface area contributed by atoms with Crippen molar-refractivity contribution in [1.82, 2.24) is 0 Å². The van der Waals surface area contributed by atoms with E-state index in [0.29, 0.717) is 0 Å². The first-order valence-corrected chi connectivity index (χ1v) is 5.55. The SMILES string of the molecule is C=CC(C(=C)C)(C(C)=C(C)C)C(C)(C)C. The lowest BCUT2D eigenvalue weighted by molar-refractivity contribution is 0.232. The van der Waals surface area contributed by atoms with Gasteiger partial charge < -0.3 is 0 Å². The van der Waals surface area contributed by atoms with Crippen molar-refractivity contribution in [3.63, 3.8) is 0 Å². The standard InChI is InChI=1S/C15H26/c1-10-15(12(4)5,14(7,8)9)13(6)11(2)3/h10H,1,4H2,2-3,5-9H3. The predicted octanol–water partition coefficient (Wildman–Crippen LogP) is 5.14. The predicted molar refractivity (Wildman–Crippen MR) is 70.9 cm³/mol. The van der Waals surface area contributed by atoms with Gasteiger partial charge in [-0.2, -0.15) is 0 Å². The molecule has 0 aliphatic rings. The third kappa shape index (κ3) is 2.25. The maximum atomic E-state index is 4.16. The smallest absolute Gasteiger partial charge is 0.0341 e. The zero-order chi connectivity index (χ0) is 12.4. The normalized spacial score (nSPS) is 15.4. The highest BCUT2D eigenvalue weighted by atomic mass is 14.4. The molecule has 1 atom stereocenters. The second-order valence-electron chi connectivity index (χ2n) is 5.67. The van der Waals surface area contributed by atoms with Crippen molar-refractivity contribution in [3.8, 4) is 0 Å². The third-order valence-corrected chi connectivity index (χ3v) is 3.50. The molecule has 0 rings (SSSR count). The Labute approximate surface area is 95.8 Å². The van der Waals surface area contributed by atoms with E-state index in [2.05, 4.69) is 67.7 Å². The summed E-state index contributed by atoms with van der Waals surface area (Å²) in [6, 6.07) is 0. The minimum absolute atomic E-state index is 0.0914. The van der Waals surface area contributed by atoms with Crippen LogP contribution >= 0.6 is 0 Å². The molecule has 0 aromatic rings. The molecule has 0 bridgehead atoms. The van der Waals surface area contributed by atoms with E-state index in [-0.39, 0.29) is 10.8 Å². The molecule has 0 aromatic carbocycles. The highest BCUT2D eigenvalue weighted by molar-refractivity contribution is 5.37. The maximum absolute atomic E-state index is 4.16. The highest BCUT2D eigenvalue weighted by Gasteiger charge is 2.41. The summed E-state index contributed by atoms with van der Waals surface area (Å²) in [5.74, 6) is 0. The molecule has 0 heterocycles. The second kappa shape index (κ2) is 4.38. The van der Waals surface area contributed by atoms with Gasteiger partial charge in [0.05, 0.1) is 0 Å². The van der Waals surface area contributed by atoms with E-state index in [1.54, 1.807) is 0 Å². The van der Waals surface area contributed by atoms with Gasteiger partial charge in [-0.15, -0.1) is 6.58 Å². The molecule has 0 fully saturated rings. The molecule has 0 saturated carbocycles. The van der Waals surface area contributed by atoms with Crippen LogP contribution in [-0.2, 0) is 0 Å². The Morgan fingerprint density at radius 3 is 1.47 bits per heavy atom. The third-order valence-electron chi connectivity index (χ3n) is 3.50. The molecule has 0 radical (unpaired) electrons. The zero-order valence-electron chi connectivity index (χ0n) is 11.5. The lowest BCUT2D eigenvalue weighted by atomic mass is 9.58. The van der Waals surface area contributed by atoms with E-state index in [1.807, 2.05) is 0 Å². The molecule has 0 N–H and O–H groups in total. The Morgan fingerprint density at radius 2 is 1.40 bits per heavy atom.